The molecule has 4 N–H and O–H groups in total. The minimum atomic E-state index is -1.25. The molecule has 3 rings (SSSR count). The van der Waals surface area contributed by atoms with Gasteiger partial charge in [0.05, 0.1) is 30.4 Å². The molecule has 190 valence electrons. The van der Waals surface area contributed by atoms with E-state index in [0.717, 1.165) is 0 Å². The standard InChI is InChI=1S/C25H27N4O7.K/c1-2-18(15-31)28-12-20(26-16-7-9-19(32)10-8-16)25(36)29(22-6-4-3-5-21(22)28)13-23(33)27-17(14-30)11-24(34)35;/h2-10,14,17,20,31-32H,11-13,15H2,1H3,(H,27,33)(H,34,35);/q-1;+1/b18-2-;. The van der Waals surface area contributed by atoms with Crippen molar-refractivity contribution in [2.24, 2.45) is 0 Å². The van der Waals surface area contributed by atoms with Crippen molar-refractivity contribution < 1.29 is 85.9 Å². The number of aldehydes is 1. The maximum absolute atomic E-state index is 13.7. The van der Waals surface area contributed by atoms with Crippen molar-refractivity contribution >= 4 is 41.1 Å². The van der Waals surface area contributed by atoms with Crippen LogP contribution in [-0.4, -0.2) is 71.2 Å². The number of aliphatic hydroxyl groups excluding tert-OH is 1. The molecule has 0 saturated carbocycles. The Kier molecular flexibility index (Phi) is 11.7. The van der Waals surface area contributed by atoms with Gasteiger partial charge in [-0.05, 0) is 37.2 Å². The molecule has 0 fully saturated rings. The molecule has 0 radical (unpaired) electrons. The quantitative estimate of drug-likeness (QED) is 0.216. The van der Waals surface area contributed by atoms with Crippen LogP contribution >= 0.6 is 0 Å². The summed E-state index contributed by atoms with van der Waals surface area (Å²) >= 11 is 0. The number of carboxylic acids is 1. The number of phenols is 1. The van der Waals surface area contributed by atoms with E-state index in [9.17, 15) is 29.4 Å². The number of nitrogens with zero attached hydrogens (tertiary/aromatic N) is 3. The van der Waals surface area contributed by atoms with E-state index in [1.807, 2.05) is 0 Å². The number of anilines is 2. The van der Waals surface area contributed by atoms with Gasteiger partial charge in [0.1, 0.15) is 18.6 Å². The molecule has 2 aromatic carbocycles. The van der Waals surface area contributed by atoms with Crippen molar-refractivity contribution in [2.45, 2.75) is 25.4 Å². The third-order valence-corrected chi connectivity index (χ3v) is 5.57. The minimum Gasteiger partial charge on any atom is -0.673 e. The molecule has 1 aliphatic heterocycles. The molecule has 2 unspecified atom stereocenters. The van der Waals surface area contributed by atoms with Crippen molar-refractivity contribution in [2.75, 3.05) is 29.5 Å². The number of carbonyl (C=O) groups is 4. The first-order valence-corrected chi connectivity index (χ1v) is 11.2. The zero-order valence-corrected chi connectivity index (χ0v) is 23.7. The number of allylic oxidation sites excluding steroid dienone is 1. The van der Waals surface area contributed by atoms with Gasteiger partial charge in [-0.25, -0.2) is 0 Å². The minimum absolute atomic E-state index is 0. The van der Waals surface area contributed by atoms with E-state index < -0.39 is 42.8 Å². The molecule has 2 aromatic rings. The molecule has 1 aliphatic rings. The SMILES string of the molecule is C/C=C(/CO)N1CC([N-]c2ccc(O)cc2)C(=O)N(CC(=O)NC(C=O)CC(=O)O)c2ccccc21.[K+]. The molecule has 0 spiro atoms. The Morgan fingerprint density at radius 2 is 1.81 bits per heavy atom. The number of nitrogens with one attached hydrogen (secondary N) is 1. The summed E-state index contributed by atoms with van der Waals surface area (Å²) in [6.07, 6.45) is 1.45. The van der Waals surface area contributed by atoms with E-state index in [4.69, 9.17) is 5.11 Å². The predicted octanol–water partition coefficient (Wildman–Crippen LogP) is -1.32. The zero-order chi connectivity index (χ0) is 26.2. The van der Waals surface area contributed by atoms with E-state index in [-0.39, 0.29) is 70.3 Å². The van der Waals surface area contributed by atoms with Crippen LogP contribution in [0.1, 0.15) is 13.3 Å². The van der Waals surface area contributed by atoms with E-state index in [1.54, 1.807) is 54.3 Å². The topological polar surface area (TPSA) is 162 Å². The van der Waals surface area contributed by atoms with Gasteiger partial charge in [0.25, 0.3) is 0 Å². The Bertz CT molecular complexity index is 1160. The number of phenolic OH excluding ortho intramolecular Hbond substituents is 1. The van der Waals surface area contributed by atoms with Crippen molar-refractivity contribution in [3.63, 3.8) is 0 Å². The molecule has 0 aliphatic carbocycles. The first-order chi connectivity index (χ1) is 17.3. The Morgan fingerprint density at radius 1 is 1.16 bits per heavy atom. The second-order valence-corrected chi connectivity index (χ2v) is 8.03. The van der Waals surface area contributed by atoms with Gasteiger partial charge in [-0.2, -0.15) is 0 Å². The number of aliphatic hydroxyl groups is 1. The second-order valence-electron chi connectivity index (χ2n) is 8.03. The van der Waals surface area contributed by atoms with Gasteiger partial charge in [0.15, 0.2) is 0 Å². The summed E-state index contributed by atoms with van der Waals surface area (Å²) in [6.45, 7) is 1.02. The summed E-state index contributed by atoms with van der Waals surface area (Å²) in [4.78, 5) is 51.7. The molecule has 2 atom stereocenters. The Morgan fingerprint density at radius 3 is 2.38 bits per heavy atom. The monoisotopic (exact) mass is 534 g/mol. The van der Waals surface area contributed by atoms with Crippen LogP contribution in [0.25, 0.3) is 5.32 Å². The van der Waals surface area contributed by atoms with Crippen molar-refractivity contribution in [3.8, 4) is 5.75 Å². The fourth-order valence-corrected chi connectivity index (χ4v) is 3.87. The predicted molar refractivity (Wildman–Crippen MR) is 132 cm³/mol. The van der Waals surface area contributed by atoms with Crippen LogP contribution in [0.3, 0.4) is 0 Å². The Labute approximate surface area is 256 Å². The third kappa shape index (κ3) is 7.87. The number of hydrogen-bond donors (Lipinski definition) is 4. The molecular formula is C25H27KN4O7. The van der Waals surface area contributed by atoms with Gasteiger partial charge in [0, 0.05) is 12.2 Å². The molecule has 2 amide bonds. The van der Waals surface area contributed by atoms with Gasteiger partial charge in [0.2, 0.25) is 11.8 Å². The van der Waals surface area contributed by atoms with Crippen LogP contribution < -0.4 is 66.5 Å². The number of aliphatic carboxylic acids is 1. The maximum Gasteiger partial charge on any atom is 1.00 e. The largest absolute Gasteiger partial charge is 1.00 e. The fraction of sp³-hybridized carbons (Fsp3) is 0.280. The number of hydrogen-bond acceptors (Lipinski definition) is 7. The van der Waals surface area contributed by atoms with Crippen LogP contribution in [0.2, 0.25) is 0 Å². The van der Waals surface area contributed by atoms with Crippen molar-refractivity contribution in [1.82, 2.24) is 5.32 Å². The van der Waals surface area contributed by atoms with Crippen LogP contribution in [0.4, 0.5) is 17.1 Å². The summed E-state index contributed by atoms with van der Waals surface area (Å²) in [6, 6.07) is 10.6. The Hall–Kier alpha value is -2.74. The van der Waals surface area contributed by atoms with Gasteiger partial charge in [-0.15, -0.1) is 5.69 Å². The van der Waals surface area contributed by atoms with Crippen LogP contribution in [-0.2, 0) is 19.2 Å². The van der Waals surface area contributed by atoms with Gasteiger partial charge in [-0.1, -0.05) is 30.3 Å². The van der Waals surface area contributed by atoms with E-state index >= 15 is 0 Å². The third-order valence-electron chi connectivity index (χ3n) is 5.57. The molecule has 1 heterocycles. The first-order valence-electron chi connectivity index (χ1n) is 11.2. The summed E-state index contributed by atoms with van der Waals surface area (Å²) in [5, 5.41) is 35.4. The number of para-hydroxylation sites is 2. The smallest absolute Gasteiger partial charge is 0.673 e. The number of aromatic hydroxyl groups is 1. The molecule has 0 aromatic heterocycles. The zero-order valence-electron chi connectivity index (χ0n) is 20.6. The van der Waals surface area contributed by atoms with Crippen LogP contribution in [0.5, 0.6) is 5.75 Å². The summed E-state index contributed by atoms with van der Waals surface area (Å²) in [5.41, 5.74) is 1.89. The number of carboxylic acid groups (broad SMARTS) is 1. The molecule has 12 heteroatoms. The molecule has 0 saturated heterocycles. The summed E-state index contributed by atoms with van der Waals surface area (Å²) in [7, 11) is 0. The van der Waals surface area contributed by atoms with Gasteiger partial charge < -0.3 is 40.5 Å². The van der Waals surface area contributed by atoms with E-state index in [2.05, 4.69) is 10.6 Å². The number of rotatable bonds is 10. The summed E-state index contributed by atoms with van der Waals surface area (Å²) in [5.74, 6) is -2.45. The average molecular weight is 535 g/mol. The molecule has 0 bridgehead atoms. The normalized spacial score (nSPS) is 16.1. The number of benzene rings is 2. The van der Waals surface area contributed by atoms with Crippen molar-refractivity contribution in [1.29, 1.82) is 0 Å². The fourth-order valence-electron chi connectivity index (χ4n) is 3.87. The van der Waals surface area contributed by atoms with Crippen molar-refractivity contribution in [3.05, 3.63) is 65.6 Å². The molecular weight excluding hydrogens is 507 g/mol. The number of fused-ring (bicyclic) bond motifs is 1. The van der Waals surface area contributed by atoms with Gasteiger partial charge in [-0.3, -0.25) is 14.4 Å². The van der Waals surface area contributed by atoms with E-state index in [1.165, 1.54) is 17.0 Å². The van der Waals surface area contributed by atoms with Crippen LogP contribution in [0, 0.1) is 0 Å². The second kappa shape index (κ2) is 14.3. The molecule has 11 nitrogen and oxygen atoms in total. The number of amides is 2. The number of carbonyl (C=O) groups excluding carboxylic acids is 3. The maximum atomic E-state index is 13.7. The van der Waals surface area contributed by atoms with Gasteiger partial charge >= 0.3 is 57.4 Å². The first kappa shape index (κ1) is 30.5. The average Bonchev–Trinajstić information content (AvgIpc) is 2.96. The molecule has 37 heavy (non-hydrogen) atoms. The van der Waals surface area contributed by atoms with Crippen LogP contribution in [0.15, 0.2) is 60.3 Å². The van der Waals surface area contributed by atoms with E-state index in [0.29, 0.717) is 29.0 Å². The summed E-state index contributed by atoms with van der Waals surface area (Å²) < 4.78 is 0. The Balaban J connectivity index is 0.00000481.